The third kappa shape index (κ3) is 4.16. The number of benzene rings is 1. The number of carbonyl (C=O) groups is 1. The molecule has 5 rings (SSSR count). The maximum Gasteiger partial charge on any atom is 0.233 e. The molecule has 1 aliphatic heterocycles. The molecule has 4 heterocycles. The van der Waals surface area contributed by atoms with E-state index in [1.165, 1.54) is 0 Å². The van der Waals surface area contributed by atoms with Crippen molar-refractivity contribution in [1.82, 2.24) is 19.6 Å². The molecule has 0 bridgehead atoms. The van der Waals surface area contributed by atoms with Crippen molar-refractivity contribution in [3.63, 3.8) is 0 Å². The molecule has 1 N–H and O–H groups in total. The van der Waals surface area contributed by atoms with E-state index < -0.39 is 0 Å². The van der Waals surface area contributed by atoms with Gasteiger partial charge in [-0.25, -0.2) is 0 Å². The number of nitrogens with one attached hydrogen (secondary N) is 1. The molecule has 2 atom stereocenters. The zero-order valence-corrected chi connectivity index (χ0v) is 19.6. The summed E-state index contributed by atoms with van der Waals surface area (Å²) in [5.74, 6) is 0.00247. The van der Waals surface area contributed by atoms with E-state index in [1.807, 2.05) is 25.4 Å². The summed E-state index contributed by atoms with van der Waals surface area (Å²) in [6, 6.07) is 4.00. The molecule has 4 aromatic rings. The van der Waals surface area contributed by atoms with Gasteiger partial charge in [-0.2, -0.15) is 10.2 Å². The van der Waals surface area contributed by atoms with E-state index in [-0.39, 0.29) is 23.7 Å². The van der Waals surface area contributed by atoms with Gasteiger partial charge in [0.2, 0.25) is 5.78 Å². The van der Waals surface area contributed by atoms with Crippen molar-refractivity contribution in [2.75, 3.05) is 11.9 Å². The first-order chi connectivity index (χ1) is 15.9. The summed E-state index contributed by atoms with van der Waals surface area (Å²) in [5.41, 5.74) is 3.45. The molecule has 1 saturated heterocycles. The minimum Gasteiger partial charge on any atom is -0.449 e. The lowest BCUT2D eigenvalue weighted by atomic mass is 10.00. The van der Waals surface area contributed by atoms with Crippen molar-refractivity contribution >= 4 is 34.0 Å². The van der Waals surface area contributed by atoms with Crippen LogP contribution in [0.2, 0.25) is 5.02 Å². The first-order valence-electron chi connectivity index (χ1n) is 11.1. The number of aryl methyl sites for hydroxylation is 2. The fraction of sp³-hybridized carbons (Fsp3) is 0.375. The van der Waals surface area contributed by atoms with Gasteiger partial charge in [0.15, 0.2) is 11.3 Å². The Morgan fingerprint density at radius 1 is 1.18 bits per heavy atom. The molecule has 9 heteroatoms. The fourth-order valence-corrected chi connectivity index (χ4v) is 4.63. The zero-order valence-electron chi connectivity index (χ0n) is 18.8. The molecule has 0 unspecified atom stereocenters. The smallest absolute Gasteiger partial charge is 0.233 e. The van der Waals surface area contributed by atoms with E-state index in [2.05, 4.69) is 22.4 Å². The number of carbonyl (C=O) groups excluding carboxylic acids is 1. The Morgan fingerprint density at radius 3 is 2.67 bits per heavy atom. The van der Waals surface area contributed by atoms with Gasteiger partial charge in [0.05, 0.1) is 34.8 Å². The highest BCUT2D eigenvalue weighted by molar-refractivity contribution is 6.36. The maximum absolute atomic E-state index is 13.4. The quantitative estimate of drug-likeness (QED) is 0.409. The monoisotopic (exact) mass is 467 g/mol. The average molecular weight is 468 g/mol. The van der Waals surface area contributed by atoms with Crippen molar-refractivity contribution in [2.45, 2.75) is 38.3 Å². The molecular formula is C24H26ClN5O3. The zero-order chi connectivity index (χ0) is 23.1. The topological polar surface area (TPSA) is 87.1 Å². The van der Waals surface area contributed by atoms with Crippen molar-refractivity contribution in [2.24, 2.45) is 14.1 Å². The summed E-state index contributed by atoms with van der Waals surface area (Å²) in [6.45, 7) is 2.80. The van der Waals surface area contributed by atoms with E-state index in [9.17, 15) is 4.79 Å². The second-order valence-corrected chi connectivity index (χ2v) is 8.95. The lowest BCUT2D eigenvalue weighted by molar-refractivity contribution is 0.00925. The SMILES string of the molecule is CC[C@H]1C[C@@H](Nc2c(C(=O)c3cnn(C)c3)oc3c(Cl)cc(-c4cnn(C)c4)cc23)CCO1. The van der Waals surface area contributed by atoms with Crippen LogP contribution in [-0.2, 0) is 18.8 Å². The van der Waals surface area contributed by atoms with Gasteiger partial charge in [-0.15, -0.1) is 0 Å². The number of fused-ring (bicyclic) bond motifs is 1. The van der Waals surface area contributed by atoms with Gasteiger partial charge in [-0.3, -0.25) is 14.2 Å². The Labute approximate surface area is 196 Å². The molecule has 0 saturated carbocycles. The number of rotatable bonds is 6. The van der Waals surface area contributed by atoms with Crippen LogP contribution < -0.4 is 5.32 Å². The fourth-order valence-electron chi connectivity index (χ4n) is 4.37. The largest absolute Gasteiger partial charge is 0.449 e. The Kier molecular flexibility index (Phi) is 5.72. The van der Waals surface area contributed by atoms with Crippen molar-refractivity contribution in [1.29, 1.82) is 0 Å². The highest BCUT2D eigenvalue weighted by atomic mass is 35.5. The Balaban J connectivity index is 1.63. The van der Waals surface area contributed by atoms with Gasteiger partial charge in [0.1, 0.15) is 0 Å². The van der Waals surface area contributed by atoms with Crippen LogP contribution in [0.3, 0.4) is 0 Å². The van der Waals surface area contributed by atoms with Crippen molar-refractivity contribution < 1.29 is 13.9 Å². The predicted molar refractivity (Wildman–Crippen MR) is 127 cm³/mol. The second kappa shape index (κ2) is 8.68. The molecular weight excluding hydrogens is 442 g/mol. The molecule has 1 aromatic carbocycles. The molecule has 0 amide bonds. The number of anilines is 1. The number of hydrogen-bond donors (Lipinski definition) is 1. The summed E-state index contributed by atoms with van der Waals surface area (Å²) in [6.07, 6.45) is 9.80. The van der Waals surface area contributed by atoms with Gasteiger partial charge in [0.25, 0.3) is 0 Å². The lowest BCUT2D eigenvalue weighted by Gasteiger charge is -2.30. The number of ketones is 1. The number of furan rings is 1. The Morgan fingerprint density at radius 2 is 1.97 bits per heavy atom. The van der Waals surface area contributed by atoms with Gasteiger partial charge in [-0.1, -0.05) is 18.5 Å². The summed E-state index contributed by atoms with van der Waals surface area (Å²) in [7, 11) is 3.65. The van der Waals surface area contributed by atoms with E-state index >= 15 is 0 Å². The maximum atomic E-state index is 13.4. The van der Waals surface area contributed by atoms with Gasteiger partial charge >= 0.3 is 0 Å². The predicted octanol–water partition coefficient (Wildman–Crippen LogP) is 4.82. The van der Waals surface area contributed by atoms with E-state index in [0.717, 1.165) is 35.8 Å². The number of halogens is 1. The van der Waals surface area contributed by atoms with Crippen LogP contribution >= 0.6 is 11.6 Å². The van der Waals surface area contributed by atoms with Crippen LogP contribution in [0, 0.1) is 0 Å². The summed E-state index contributed by atoms with van der Waals surface area (Å²) in [5, 5.41) is 13.2. The highest BCUT2D eigenvalue weighted by Gasteiger charge is 2.28. The summed E-state index contributed by atoms with van der Waals surface area (Å²) < 4.78 is 15.3. The molecule has 0 radical (unpaired) electrons. The summed E-state index contributed by atoms with van der Waals surface area (Å²) in [4.78, 5) is 13.4. The van der Waals surface area contributed by atoms with Crippen LogP contribution in [0.25, 0.3) is 22.1 Å². The van der Waals surface area contributed by atoms with Crippen LogP contribution in [0.15, 0.2) is 41.3 Å². The molecule has 1 fully saturated rings. The van der Waals surface area contributed by atoms with Crippen LogP contribution in [0.1, 0.15) is 42.3 Å². The average Bonchev–Trinajstić information content (AvgIpc) is 3.53. The van der Waals surface area contributed by atoms with E-state index in [4.69, 9.17) is 20.8 Å². The standard InChI is InChI=1S/C24H26ClN5O3/c1-4-18-9-17(5-6-32-18)28-21-19-7-14(15-10-26-29(2)12-15)8-20(25)23(19)33-24(21)22(31)16-11-27-30(3)13-16/h7-8,10-13,17-18,28H,4-6,9H2,1-3H3/t17-,18-/m0/s1. The number of ether oxygens (including phenoxy) is 1. The van der Waals surface area contributed by atoms with Crippen molar-refractivity contribution in [3.05, 3.63) is 53.3 Å². The first kappa shape index (κ1) is 21.7. The second-order valence-electron chi connectivity index (χ2n) is 8.54. The molecule has 172 valence electrons. The molecule has 33 heavy (non-hydrogen) atoms. The highest BCUT2D eigenvalue weighted by Crippen LogP contribution is 2.40. The molecule has 0 aliphatic carbocycles. The third-order valence-corrected chi connectivity index (χ3v) is 6.41. The number of nitrogens with zero attached hydrogens (tertiary/aromatic N) is 4. The molecule has 8 nitrogen and oxygen atoms in total. The van der Waals surface area contributed by atoms with Gasteiger partial charge < -0.3 is 14.5 Å². The number of aromatic nitrogens is 4. The first-order valence-corrected chi connectivity index (χ1v) is 11.5. The molecule has 1 aliphatic rings. The van der Waals surface area contributed by atoms with Crippen LogP contribution in [-0.4, -0.2) is 44.1 Å². The molecule has 0 spiro atoms. The van der Waals surface area contributed by atoms with E-state index in [0.29, 0.717) is 28.5 Å². The van der Waals surface area contributed by atoms with Gasteiger partial charge in [0, 0.05) is 50.1 Å². The Hall–Kier alpha value is -3.10. The third-order valence-electron chi connectivity index (χ3n) is 6.13. The normalized spacial score (nSPS) is 18.7. The van der Waals surface area contributed by atoms with Crippen LogP contribution in [0.5, 0.6) is 0 Å². The molecule has 3 aromatic heterocycles. The minimum absolute atomic E-state index is 0.158. The Bertz CT molecular complexity index is 1320. The summed E-state index contributed by atoms with van der Waals surface area (Å²) >= 11 is 6.65. The van der Waals surface area contributed by atoms with E-state index in [1.54, 1.807) is 35.0 Å². The van der Waals surface area contributed by atoms with Crippen molar-refractivity contribution in [3.8, 4) is 11.1 Å². The number of hydrogen-bond acceptors (Lipinski definition) is 6. The van der Waals surface area contributed by atoms with Gasteiger partial charge in [-0.05, 0) is 37.0 Å². The van der Waals surface area contributed by atoms with Crippen LogP contribution in [0.4, 0.5) is 5.69 Å². The minimum atomic E-state index is -0.236. The lowest BCUT2D eigenvalue weighted by Crippen LogP contribution is -2.34.